The Hall–Kier alpha value is -4.48. The van der Waals surface area contributed by atoms with E-state index in [1.807, 2.05) is 0 Å². The number of ether oxygens (including phenoxy) is 1. The largest absolute Gasteiger partial charge is 0.506 e. The number of nitrogens with zero attached hydrogens (tertiary/aromatic N) is 2. The van der Waals surface area contributed by atoms with Gasteiger partial charge in [-0.2, -0.15) is 0 Å². The second kappa shape index (κ2) is 11.7. The Morgan fingerprint density at radius 1 is 0.907 bits per heavy atom. The Balaban J connectivity index is 1.45. The van der Waals surface area contributed by atoms with E-state index >= 15 is 0 Å². The second-order valence-corrected chi connectivity index (χ2v) is 13.2. The van der Waals surface area contributed by atoms with Crippen LogP contribution in [0.2, 0.25) is 0 Å². The fraction of sp³-hybridized carbons (Fsp3) is 0.281. The highest BCUT2D eigenvalue weighted by molar-refractivity contribution is 7.89. The van der Waals surface area contributed by atoms with Gasteiger partial charge in [0.15, 0.2) is 0 Å². The lowest BCUT2D eigenvalue weighted by molar-refractivity contribution is -0.112. The average molecular weight is 604 g/mol. The van der Waals surface area contributed by atoms with E-state index in [-0.39, 0.29) is 33.0 Å². The number of hydrogen-bond acceptors (Lipinski definition) is 7. The van der Waals surface area contributed by atoms with Gasteiger partial charge in [-0.1, -0.05) is 48.5 Å². The molecule has 0 spiro atoms. The number of likely N-dealkylation sites (tertiary alicyclic amines) is 1. The maximum Gasteiger partial charge on any atom is 0.410 e. The van der Waals surface area contributed by atoms with E-state index in [0.29, 0.717) is 31.5 Å². The zero-order valence-electron chi connectivity index (χ0n) is 24.1. The summed E-state index contributed by atoms with van der Waals surface area (Å²) in [6, 6.07) is 20.2. The number of nitrogens with one attached hydrogen (secondary N) is 1. The number of carbonyl (C=O) groups is 3. The molecule has 3 aromatic rings. The van der Waals surface area contributed by atoms with Crippen molar-refractivity contribution < 1.29 is 32.6 Å². The Labute approximate surface area is 250 Å². The molecule has 0 aliphatic carbocycles. The quantitative estimate of drug-likeness (QED) is 0.239. The van der Waals surface area contributed by atoms with Crippen LogP contribution < -0.4 is 9.62 Å². The molecule has 0 bridgehead atoms. The monoisotopic (exact) mass is 603 g/mol. The highest BCUT2D eigenvalue weighted by Gasteiger charge is 2.40. The van der Waals surface area contributed by atoms with E-state index in [2.05, 4.69) is 4.72 Å². The van der Waals surface area contributed by atoms with Crippen molar-refractivity contribution in [2.75, 3.05) is 18.0 Å². The molecule has 2 N–H and O–H groups in total. The van der Waals surface area contributed by atoms with Gasteiger partial charge in [0.2, 0.25) is 10.0 Å². The van der Waals surface area contributed by atoms with E-state index in [0.717, 1.165) is 4.90 Å². The van der Waals surface area contributed by atoms with Crippen molar-refractivity contribution in [3.05, 3.63) is 95.6 Å². The summed E-state index contributed by atoms with van der Waals surface area (Å²) in [5, 5.41) is 11.2. The Kier molecular flexibility index (Phi) is 8.13. The Morgan fingerprint density at radius 3 is 2.07 bits per heavy atom. The van der Waals surface area contributed by atoms with Gasteiger partial charge in [-0.15, -0.1) is 0 Å². The van der Waals surface area contributed by atoms with Crippen molar-refractivity contribution in [1.29, 1.82) is 0 Å². The molecule has 1 fully saturated rings. The fourth-order valence-electron chi connectivity index (χ4n) is 5.09. The lowest BCUT2D eigenvalue weighted by Gasteiger charge is -2.33. The van der Waals surface area contributed by atoms with Crippen LogP contribution in [-0.2, 0) is 19.6 Å². The van der Waals surface area contributed by atoms with Gasteiger partial charge in [0, 0.05) is 35.8 Å². The first kappa shape index (κ1) is 30.0. The summed E-state index contributed by atoms with van der Waals surface area (Å²) < 4.78 is 35.1. The van der Waals surface area contributed by atoms with Crippen LogP contribution >= 0.6 is 0 Å². The van der Waals surface area contributed by atoms with Crippen LogP contribution in [-0.4, -0.2) is 61.1 Å². The minimum absolute atomic E-state index is 0.123. The molecule has 0 radical (unpaired) electrons. The average Bonchev–Trinajstić information content (AvgIpc) is 3.27. The number of anilines is 1. The summed E-state index contributed by atoms with van der Waals surface area (Å²) in [5.41, 5.74) is 0.0910. The van der Waals surface area contributed by atoms with Gasteiger partial charge in [-0.25, -0.2) is 22.8 Å². The molecular weight excluding hydrogens is 570 g/mol. The van der Waals surface area contributed by atoms with Crippen LogP contribution in [0, 0.1) is 0 Å². The summed E-state index contributed by atoms with van der Waals surface area (Å²) in [7, 11) is -4.07. The minimum atomic E-state index is -4.07. The van der Waals surface area contributed by atoms with Crippen molar-refractivity contribution >= 4 is 45.0 Å². The van der Waals surface area contributed by atoms with Crippen molar-refractivity contribution in [3.8, 4) is 0 Å². The first-order valence-electron chi connectivity index (χ1n) is 13.9. The molecule has 0 saturated carbocycles. The number of fused-ring (bicyclic) bond motifs is 1. The molecule has 2 heterocycles. The highest BCUT2D eigenvalue weighted by Crippen LogP contribution is 2.42. The topological polar surface area (TPSA) is 133 Å². The third kappa shape index (κ3) is 6.32. The van der Waals surface area contributed by atoms with Gasteiger partial charge in [-0.3, -0.25) is 9.59 Å². The molecule has 2 aliphatic heterocycles. The summed E-state index contributed by atoms with van der Waals surface area (Å²) in [6.45, 7) is 6.01. The van der Waals surface area contributed by atoms with Gasteiger partial charge in [0.1, 0.15) is 11.4 Å². The molecular formula is C32H33N3O7S. The van der Waals surface area contributed by atoms with Gasteiger partial charge < -0.3 is 14.7 Å². The number of piperidine rings is 1. The molecule has 3 aromatic carbocycles. The summed E-state index contributed by atoms with van der Waals surface area (Å²) in [6.07, 6.45) is 0.340. The SMILES string of the molecule is CC(C)(C)OC(=O)N1CCC(NS(=O)(=O)c2ccc3c(c2)/C(=C(/O)c2ccccc2)C(=O)N3C(=O)c2ccccc2)CC1. The molecule has 3 amide bonds. The van der Waals surface area contributed by atoms with E-state index in [9.17, 15) is 27.9 Å². The van der Waals surface area contributed by atoms with E-state index < -0.39 is 39.6 Å². The van der Waals surface area contributed by atoms with Crippen LogP contribution in [0.3, 0.4) is 0 Å². The van der Waals surface area contributed by atoms with Crippen molar-refractivity contribution in [2.24, 2.45) is 0 Å². The summed E-state index contributed by atoms with van der Waals surface area (Å²) >= 11 is 0. The van der Waals surface area contributed by atoms with Crippen molar-refractivity contribution in [1.82, 2.24) is 9.62 Å². The van der Waals surface area contributed by atoms with Crippen LogP contribution in [0.5, 0.6) is 0 Å². The number of hydrogen-bond donors (Lipinski definition) is 2. The maximum absolute atomic E-state index is 13.7. The summed E-state index contributed by atoms with van der Waals surface area (Å²) in [5.74, 6) is -1.73. The number of amides is 3. The number of rotatable bonds is 5. The minimum Gasteiger partial charge on any atom is -0.506 e. The van der Waals surface area contributed by atoms with Gasteiger partial charge in [-0.05, 0) is 63.9 Å². The highest BCUT2D eigenvalue weighted by atomic mass is 32.2. The number of aliphatic hydroxyl groups is 1. The van der Waals surface area contributed by atoms with E-state index in [1.165, 1.54) is 18.2 Å². The molecule has 11 heteroatoms. The number of carbonyl (C=O) groups excluding carboxylic acids is 3. The predicted molar refractivity (Wildman–Crippen MR) is 162 cm³/mol. The molecule has 0 atom stereocenters. The molecule has 43 heavy (non-hydrogen) atoms. The standard InChI is InChI=1S/C32H33N3O7S/c1-32(2,3)42-31(39)34-18-16-23(17-19-34)33-43(40,41)24-14-15-26-25(20-24)27(28(36)21-10-6-4-7-11-21)30(38)35(26)29(37)22-12-8-5-9-13-22/h4-15,20,23,33,36H,16-19H2,1-3H3/b28-27-. The van der Waals surface area contributed by atoms with Crippen molar-refractivity contribution in [2.45, 2.75) is 50.2 Å². The fourth-order valence-corrected chi connectivity index (χ4v) is 6.42. The van der Waals surface area contributed by atoms with Crippen LogP contribution in [0.15, 0.2) is 83.8 Å². The number of aliphatic hydroxyl groups excluding tert-OH is 1. The second-order valence-electron chi connectivity index (χ2n) is 11.4. The molecule has 1 saturated heterocycles. The first-order valence-corrected chi connectivity index (χ1v) is 15.4. The van der Waals surface area contributed by atoms with E-state index in [1.54, 1.807) is 86.3 Å². The summed E-state index contributed by atoms with van der Waals surface area (Å²) in [4.78, 5) is 42.0. The van der Waals surface area contributed by atoms with Crippen LogP contribution in [0.4, 0.5) is 10.5 Å². The maximum atomic E-state index is 13.7. The lowest BCUT2D eigenvalue weighted by atomic mass is 10.0. The predicted octanol–water partition coefficient (Wildman–Crippen LogP) is 4.98. The number of sulfonamides is 1. The van der Waals surface area contributed by atoms with Gasteiger partial charge in [0.05, 0.1) is 16.2 Å². The first-order chi connectivity index (χ1) is 20.4. The Bertz CT molecular complexity index is 1690. The van der Waals surface area contributed by atoms with Crippen molar-refractivity contribution in [3.63, 3.8) is 0 Å². The third-order valence-corrected chi connectivity index (χ3v) is 8.70. The van der Waals surface area contributed by atoms with Gasteiger partial charge >= 0.3 is 6.09 Å². The zero-order valence-corrected chi connectivity index (χ0v) is 24.9. The van der Waals surface area contributed by atoms with E-state index in [4.69, 9.17) is 4.74 Å². The molecule has 0 aromatic heterocycles. The lowest BCUT2D eigenvalue weighted by Crippen LogP contribution is -2.47. The smallest absolute Gasteiger partial charge is 0.410 e. The van der Waals surface area contributed by atoms with Crippen LogP contribution in [0.25, 0.3) is 11.3 Å². The normalized spacial score (nSPS) is 17.0. The molecule has 0 unspecified atom stereocenters. The Morgan fingerprint density at radius 2 is 1.49 bits per heavy atom. The molecule has 224 valence electrons. The molecule has 10 nitrogen and oxygen atoms in total. The number of benzene rings is 3. The van der Waals surface area contributed by atoms with Gasteiger partial charge in [0.25, 0.3) is 11.8 Å². The molecule has 2 aliphatic rings. The third-order valence-electron chi connectivity index (χ3n) is 7.18. The zero-order chi connectivity index (χ0) is 30.9. The molecule has 5 rings (SSSR count). The number of imide groups is 1. The van der Waals surface area contributed by atoms with Crippen LogP contribution in [0.1, 0.15) is 55.1 Å².